The molecule has 0 spiro atoms. The molecule has 4 rings (SSSR count). The zero-order valence-electron chi connectivity index (χ0n) is 14.7. The van der Waals surface area contributed by atoms with Gasteiger partial charge in [0.25, 0.3) is 0 Å². The normalized spacial score (nSPS) is 14.8. The van der Waals surface area contributed by atoms with Gasteiger partial charge in [-0.05, 0) is 61.2 Å². The number of thioether (sulfide) groups is 1. The van der Waals surface area contributed by atoms with Gasteiger partial charge < -0.3 is 4.90 Å². The number of piperidine rings is 1. The molecule has 0 amide bonds. The van der Waals surface area contributed by atoms with E-state index >= 15 is 0 Å². The first-order valence-corrected chi connectivity index (χ1v) is 10.1. The van der Waals surface area contributed by atoms with E-state index < -0.39 is 0 Å². The fraction of sp³-hybridized carbons (Fsp3) is 0.318. The van der Waals surface area contributed by atoms with Gasteiger partial charge in [-0.2, -0.15) is 0 Å². The standard InChI is InChI=1S/C22H24N2S/c1-17-13-21(24-11-5-2-6-12-24)15-20(23-17)16-25-22-10-9-18-7-3-4-8-19(18)14-22/h3-4,7-10,13-15H,2,5-6,11-12,16H2,1H3. The molecular formula is C22H24N2S. The first kappa shape index (κ1) is 16.5. The van der Waals surface area contributed by atoms with Gasteiger partial charge in [-0.1, -0.05) is 30.3 Å². The van der Waals surface area contributed by atoms with E-state index in [-0.39, 0.29) is 0 Å². The van der Waals surface area contributed by atoms with E-state index in [2.05, 4.69) is 66.4 Å². The molecule has 1 aliphatic rings. The van der Waals surface area contributed by atoms with Crippen LogP contribution in [0.1, 0.15) is 30.7 Å². The maximum absolute atomic E-state index is 4.76. The van der Waals surface area contributed by atoms with Gasteiger partial charge >= 0.3 is 0 Å². The zero-order chi connectivity index (χ0) is 17.1. The lowest BCUT2D eigenvalue weighted by Crippen LogP contribution is -2.29. The summed E-state index contributed by atoms with van der Waals surface area (Å²) in [5.41, 5.74) is 3.65. The summed E-state index contributed by atoms with van der Waals surface area (Å²) in [5, 5.41) is 2.60. The first-order chi connectivity index (χ1) is 12.3. The fourth-order valence-electron chi connectivity index (χ4n) is 3.54. The minimum absolute atomic E-state index is 0.918. The minimum atomic E-state index is 0.918. The molecule has 2 aromatic carbocycles. The Bertz CT molecular complexity index is 869. The molecule has 0 saturated carbocycles. The molecule has 2 heterocycles. The molecule has 0 unspecified atom stereocenters. The predicted molar refractivity (Wildman–Crippen MR) is 109 cm³/mol. The Morgan fingerprint density at radius 1 is 0.920 bits per heavy atom. The van der Waals surface area contributed by atoms with Crippen LogP contribution in [0.4, 0.5) is 5.69 Å². The molecule has 1 aliphatic heterocycles. The topological polar surface area (TPSA) is 16.1 Å². The SMILES string of the molecule is Cc1cc(N2CCCCC2)cc(CSc2ccc3ccccc3c2)n1. The second-order valence-corrected chi connectivity index (χ2v) is 7.85. The first-order valence-electron chi connectivity index (χ1n) is 9.12. The Labute approximate surface area is 154 Å². The highest BCUT2D eigenvalue weighted by atomic mass is 32.2. The molecule has 3 heteroatoms. The molecule has 128 valence electrons. The van der Waals surface area contributed by atoms with Crippen molar-refractivity contribution in [2.75, 3.05) is 18.0 Å². The van der Waals surface area contributed by atoms with E-state index in [1.807, 2.05) is 11.8 Å². The smallest absolute Gasteiger partial charge is 0.0530 e. The number of rotatable bonds is 4. The molecule has 0 bridgehead atoms. The quantitative estimate of drug-likeness (QED) is 0.552. The Kier molecular flexibility index (Phi) is 4.93. The zero-order valence-corrected chi connectivity index (χ0v) is 15.6. The third-order valence-electron chi connectivity index (χ3n) is 4.82. The van der Waals surface area contributed by atoms with Gasteiger partial charge in [-0.15, -0.1) is 11.8 Å². The van der Waals surface area contributed by atoms with E-state index in [1.165, 1.54) is 59.4 Å². The van der Waals surface area contributed by atoms with Gasteiger partial charge in [0, 0.05) is 35.1 Å². The van der Waals surface area contributed by atoms with Crippen LogP contribution in [0.2, 0.25) is 0 Å². The molecule has 0 atom stereocenters. The molecular weight excluding hydrogens is 324 g/mol. The summed E-state index contributed by atoms with van der Waals surface area (Å²) >= 11 is 1.87. The summed E-state index contributed by atoms with van der Waals surface area (Å²) in [6, 6.07) is 19.8. The van der Waals surface area contributed by atoms with Crippen molar-refractivity contribution < 1.29 is 0 Å². The summed E-state index contributed by atoms with van der Waals surface area (Å²) < 4.78 is 0. The molecule has 1 saturated heterocycles. The largest absolute Gasteiger partial charge is 0.371 e. The number of aromatic nitrogens is 1. The van der Waals surface area contributed by atoms with E-state index in [4.69, 9.17) is 4.98 Å². The highest BCUT2D eigenvalue weighted by Gasteiger charge is 2.12. The number of anilines is 1. The van der Waals surface area contributed by atoms with Crippen LogP contribution in [0.25, 0.3) is 10.8 Å². The monoisotopic (exact) mass is 348 g/mol. The van der Waals surface area contributed by atoms with Gasteiger partial charge in [-0.3, -0.25) is 4.98 Å². The molecule has 0 radical (unpaired) electrons. The summed E-state index contributed by atoms with van der Waals surface area (Å²) in [7, 11) is 0. The van der Waals surface area contributed by atoms with Gasteiger partial charge in [0.05, 0.1) is 5.69 Å². The van der Waals surface area contributed by atoms with Crippen LogP contribution < -0.4 is 4.90 Å². The van der Waals surface area contributed by atoms with Gasteiger partial charge in [0.15, 0.2) is 0 Å². The van der Waals surface area contributed by atoms with Crippen molar-refractivity contribution in [1.29, 1.82) is 0 Å². The number of benzene rings is 2. The van der Waals surface area contributed by atoms with Gasteiger partial charge in [0.2, 0.25) is 0 Å². The Morgan fingerprint density at radius 2 is 1.72 bits per heavy atom. The predicted octanol–water partition coefficient (Wildman–Crippen LogP) is 5.83. The van der Waals surface area contributed by atoms with Crippen molar-refractivity contribution >= 4 is 28.2 Å². The third kappa shape index (κ3) is 3.98. The number of nitrogens with zero attached hydrogens (tertiary/aromatic N) is 2. The molecule has 2 nitrogen and oxygen atoms in total. The van der Waals surface area contributed by atoms with Crippen LogP contribution >= 0.6 is 11.8 Å². The van der Waals surface area contributed by atoms with Crippen LogP contribution in [0.15, 0.2) is 59.5 Å². The number of fused-ring (bicyclic) bond motifs is 1. The second-order valence-electron chi connectivity index (χ2n) is 6.80. The van der Waals surface area contributed by atoms with E-state index in [9.17, 15) is 0 Å². The molecule has 1 fully saturated rings. The second kappa shape index (κ2) is 7.49. The molecule has 0 aliphatic carbocycles. The molecule has 3 aromatic rings. The number of hydrogen-bond acceptors (Lipinski definition) is 3. The molecule has 1 aromatic heterocycles. The number of aryl methyl sites for hydroxylation is 1. The molecule has 0 N–H and O–H groups in total. The van der Waals surface area contributed by atoms with Crippen molar-refractivity contribution in [3.63, 3.8) is 0 Å². The summed E-state index contributed by atoms with van der Waals surface area (Å²) in [4.78, 5) is 8.58. The average Bonchev–Trinajstić information content (AvgIpc) is 2.66. The summed E-state index contributed by atoms with van der Waals surface area (Å²) in [5.74, 6) is 0.918. The van der Waals surface area contributed by atoms with Crippen LogP contribution in [0, 0.1) is 6.92 Å². The van der Waals surface area contributed by atoms with Crippen LogP contribution in [-0.2, 0) is 5.75 Å². The van der Waals surface area contributed by atoms with Crippen molar-refractivity contribution in [2.45, 2.75) is 36.8 Å². The van der Waals surface area contributed by atoms with Crippen LogP contribution in [0.3, 0.4) is 0 Å². The maximum atomic E-state index is 4.76. The van der Waals surface area contributed by atoms with E-state index in [0.717, 1.165) is 11.4 Å². The average molecular weight is 349 g/mol. The van der Waals surface area contributed by atoms with Crippen molar-refractivity contribution in [3.8, 4) is 0 Å². The van der Waals surface area contributed by atoms with Crippen LogP contribution in [0.5, 0.6) is 0 Å². The third-order valence-corrected chi connectivity index (χ3v) is 5.85. The maximum Gasteiger partial charge on any atom is 0.0530 e. The summed E-state index contributed by atoms with van der Waals surface area (Å²) in [6.07, 6.45) is 3.98. The highest BCUT2D eigenvalue weighted by molar-refractivity contribution is 7.98. The van der Waals surface area contributed by atoms with Gasteiger partial charge in [-0.25, -0.2) is 0 Å². The number of pyridine rings is 1. The lowest BCUT2D eigenvalue weighted by Gasteiger charge is -2.29. The van der Waals surface area contributed by atoms with Crippen LogP contribution in [-0.4, -0.2) is 18.1 Å². The number of hydrogen-bond donors (Lipinski definition) is 0. The molecule has 25 heavy (non-hydrogen) atoms. The van der Waals surface area contributed by atoms with Gasteiger partial charge in [0.1, 0.15) is 0 Å². The Morgan fingerprint density at radius 3 is 2.56 bits per heavy atom. The van der Waals surface area contributed by atoms with E-state index in [0.29, 0.717) is 0 Å². The fourth-order valence-corrected chi connectivity index (χ4v) is 4.38. The summed E-state index contributed by atoms with van der Waals surface area (Å²) in [6.45, 7) is 4.47. The van der Waals surface area contributed by atoms with Crippen molar-refractivity contribution in [1.82, 2.24) is 4.98 Å². The Hall–Kier alpha value is -2.00. The van der Waals surface area contributed by atoms with Crippen molar-refractivity contribution in [2.24, 2.45) is 0 Å². The highest BCUT2D eigenvalue weighted by Crippen LogP contribution is 2.28. The van der Waals surface area contributed by atoms with E-state index in [1.54, 1.807) is 0 Å². The lowest BCUT2D eigenvalue weighted by molar-refractivity contribution is 0.577. The minimum Gasteiger partial charge on any atom is -0.371 e. The van der Waals surface area contributed by atoms with Crippen molar-refractivity contribution in [3.05, 3.63) is 66.0 Å². The Balaban J connectivity index is 1.50. The lowest BCUT2D eigenvalue weighted by atomic mass is 10.1.